The van der Waals surface area contributed by atoms with Crippen LogP contribution in [0.2, 0.25) is 10.0 Å². The molecule has 7 heteroatoms. The van der Waals surface area contributed by atoms with E-state index < -0.39 is 10.8 Å². The molecule has 1 amide bonds. The number of halogens is 2. The van der Waals surface area contributed by atoms with Crippen LogP contribution in [-0.4, -0.2) is 10.8 Å². The molecule has 0 fully saturated rings. The summed E-state index contributed by atoms with van der Waals surface area (Å²) < 4.78 is 0. The molecule has 0 saturated carbocycles. The minimum atomic E-state index is -0.512. The van der Waals surface area contributed by atoms with Crippen molar-refractivity contribution in [2.75, 3.05) is 5.32 Å². The summed E-state index contributed by atoms with van der Waals surface area (Å²) in [6.45, 7) is 0. The highest BCUT2D eigenvalue weighted by Gasteiger charge is 2.11. The highest BCUT2D eigenvalue weighted by Crippen LogP contribution is 2.22. The number of nitro groups is 1. The lowest BCUT2D eigenvalue weighted by Crippen LogP contribution is -2.12. The molecule has 1 N–H and O–H groups in total. The summed E-state index contributed by atoms with van der Waals surface area (Å²) in [4.78, 5) is 22.0. The van der Waals surface area contributed by atoms with E-state index in [9.17, 15) is 14.9 Å². The minimum Gasteiger partial charge on any atom is -0.322 e. The minimum absolute atomic E-state index is 0.0486. The number of carbonyl (C=O) groups excluding carboxylic acids is 1. The summed E-state index contributed by atoms with van der Waals surface area (Å²) in [5, 5.41) is 13.8. The molecule has 0 atom stereocenters. The molecule has 0 bridgehead atoms. The number of hydrogen-bond donors (Lipinski definition) is 1. The van der Waals surface area contributed by atoms with Crippen LogP contribution >= 0.6 is 23.2 Å². The van der Waals surface area contributed by atoms with Crippen LogP contribution in [0, 0.1) is 10.1 Å². The van der Waals surface area contributed by atoms with Gasteiger partial charge >= 0.3 is 0 Å². The van der Waals surface area contributed by atoms with Crippen molar-refractivity contribution in [2.24, 2.45) is 0 Å². The van der Waals surface area contributed by atoms with E-state index in [2.05, 4.69) is 5.32 Å². The second kappa shape index (κ2) is 5.90. The Bertz CT molecular complexity index is 672. The van der Waals surface area contributed by atoms with Crippen molar-refractivity contribution < 1.29 is 9.72 Å². The van der Waals surface area contributed by atoms with Gasteiger partial charge in [0.2, 0.25) is 0 Å². The average Bonchev–Trinajstić information content (AvgIpc) is 2.39. The maximum absolute atomic E-state index is 12.0. The number of benzene rings is 2. The third-order valence-electron chi connectivity index (χ3n) is 2.51. The van der Waals surface area contributed by atoms with Crippen LogP contribution in [0.4, 0.5) is 11.4 Å². The maximum Gasteiger partial charge on any atom is 0.269 e. The molecule has 0 aliphatic heterocycles. The predicted octanol–water partition coefficient (Wildman–Crippen LogP) is 4.15. The van der Waals surface area contributed by atoms with Gasteiger partial charge in [-0.3, -0.25) is 14.9 Å². The number of nitrogens with zero attached hydrogens (tertiary/aromatic N) is 1. The zero-order chi connectivity index (χ0) is 14.7. The topological polar surface area (TPSA) is 72.2 Å². The zero-order valence-electron chi connectivity index (χ0n) is 9.97. The number of nitrogens with one attached hydrogen (secondary N) is 1. The van der Waals surface area contributed by atoms with Gasteiger partial charge in [-0.05, 0) is 30.3 Å². The third-order valence-corrected chi connectivity index (χ3v) is 3.06. The van der Waals surface area contributed by atoms with E-state index in [0.29, 0.717) is 10.7 Å². The first-order chi connectivity index (χ1) is 9.47. The number of amides is 1. The van der Waals surface area contributed by atoms with Crippen molar-refractivity contribution in [1.29, 1.82) is 0 Å². The molecule has 20 heavy (non-hydrogen) atoms. The second-order valence-electron chi connectivity index (χ2n) is 3.88. The molecule has 0 aliphatic rings. The first-order valence-electron chi connectivity index (χ1n) is 5.48. The molecular weight excluding hydrogens is 303 g/mol. The number of carbonyl (C=O) groups is 1. The van der Waals surface area contributed by atoms with Gasteiger partial charge in [0.25, 0.3) is 11.6 Å². The molecule has 0 unspecified atom stereocenters. The molecule has 2 rings (SSSR count). The Hall–Kier alpha value is -2.11. The molecule has 0 saturated heterocycles. The van der Waals surface area contributed by atoms with Gasteiger partial charge in [0.1, 0.15) is 0 Å². The quantitative estimate of drug-likeness (QED) is 0.683. The Labute approximate surface area is 124 Å². The van der Waals surface area contributed by atoms with E-state index in [0.717, 1.165) is 0 Å². The van der Waals surface area contributed by atoms with Gasteiger partial charge < -0.3 is 5.32 Å². The van der Waals surface area contributed by atoms with Gasteiger partial charge in [-0.2, -0.15) is 0 Å². The van der Waals surface area contributed by atoms with Crippen LogP contribution in [0.25, 0.3) is 0 Å². The van der Waals surface area contributed by atoms with Crippen LogP contribution in [0.1, 0.15) is 10.4 Å². The normalized spacial score (nSPS) is 10.1. The highest BCUT2D eigenvalue weighted by molar-refractivity contribution is 6.37. The van der Waals surface area contributed by atoms with Crippen LogP contribution < -0.4 is 5.32 Å². The van der Waals surface area contributed by atoms with Crippen LogP contribution in [-0.2, 0) is 0 Å². The summed E-state index contributed by atoms with van der Waals surface area (Å²) >= 11 is 11.7. The molecule has 0 aliphatic carbocycles. The van der Waals surface area contributed by atoms with Crippen LogP contribution in [0.5, 0.6) is 0 Å². The third kappa shape index (κ3) is 3.26. The Morgan fingerprint density at radius 1 is 1.10 bits per heavy atom. The Morgan fingerprint density at radius 2 is 1.75 bits per heavy atom. The lowest BCUT2D eigenvalue weighted by Gasteiger charge is -2.06. The summed E-state index contributed by atoms with van der Waals surface area (Å²) in [5.74, 6) is -0.416. The molecular formula is C13H8Cl2N2O3. The van der Waals surface area contributed by atoms with Gasteiger partial charge in [0, 0.05) is 22.8 Å². The molecule has 0 radical (unpaired) electrons. The number of non-ortho nitro benzene ring substituents is 1. The van der Waals surface area contributed by atoms with E-state index in [1.165, 1.54) is 36.4 Å². The van der Waals surface area contributed by atoms with Crippen molar-refractivity contribution in [3.05, 3.63) is 68.2 Å². The fourth-order valence-electron chi connectivity index (χ4n) is 1.54. The maximum atomic E-state index is 12.0. The van der Waals surface area contributed by atoms with Gasteiger partial charge in [-0.1, -0.05) is 23.2 Å². The van der Waals surface area contributed by atoms with Crippen molar-refractivity contribution in [1.82, 2.24) is 0 Å². The number of anilines is 1. The fourth-order valence-corrected chi connectivity index (χ4v) is 2.03. The summed E-state index contributed by atoms with van der Waals surface area (Å²) in [6.07, 6.45) is 0. The zero-order valence-corrected chi connectivity index (χ0v) is 11.5. The fraction of sp³-hybridized carbons (Fsp3) is 0. The second-order valence-corrected chi connectivity index (χ2v) is 4.73. The first-order valence-corrected chi connectivity index (χ1v) is 6.24. The van der Waals surface area contributed by atoms with Gasteiger partial charge in [0.05, 0.1) is 15.5 Å². The van der Waals surface area contributed by atoms with Gasteiger partial charge in [-0.15, -0.1) is 0 Å². The monoisotopic (exact) mass is 310 g/mol. The van der Waals surface area contributed by atoms with Gasteiger partial charge in [-0.25, -0.2) is 0 Å². The summed E-state index contributed by atoms with van der Waals surface area (Å²) in [7, 11) is 0. The van der Waals surface area contributed by atoms with Crippen LogP contribution in [0.15, 0.2) is 42.5 Å². The van der Waals surface area contributed by atoms with E-state index in [1.807, 2.05) is 0 Å². The molecule has 102 valence electrons. The Morgan fingerprint density at radius 3 is 2.30 bits per heavy atom. The van der Waals surface area contributed by atoms with Crippen molar-refractivity contribution in [2.45, 2.75) is 0 Å². The predicted molar refractivity (Wildman–Crippen MR) is 77.5 cm³/mol. The SMILES string of the molecule is O=C(Nc1ccc([N+](=O)[O-])cc1)c1ccc(Cl)cc1Cl. The van der Waals surface area contributed by atoms with E-state index >= 15 is 0 Å². The van der Waals surface area contributed by atoms with Gasteiger partial charge in [0.15, 0.2) is 0 Å². The van der Waals surface area contributed by atoms with E-state index in [1.54, 1.807) is 6.07 Å². The Kier molecular flexibility index (Phi) is 4.22. The highest BCUT2D eigenvalue weighted by atomic mass is 35.5. The largest absolute Gasteiger partial charge is 0.322 e. The standard InChI is InChI=1S/C13H8Cl2N2O3/c14-8-1-6-11(12(15)7-8)13(18)16-9-2-4-10(5-3-9)17(19)20/h1-7H,(H,16,18). The van der Waals surface area contributed by atoms with E-state index in [4.69, 9.17) is 23.2 Å². The molecule has 5 nitrogen and oxygen atoms in total. The van der Waals surface area contributed by atoms with Crippen molar-refractivity contribution in [3.63, 3.8) is 0 Å². The summed E-state index contributed by atoms with van der Waals surface area (Å²) in [6, 6.07) is 10.0. The van der Waals surface area contributed by atoms with E-state index in [-0.39, 0.29) is 16.3 Å². The smallest absolute Gasteiger partial charge is 0.269 e. The number of hydrogen-bond acceptors (Lipinski definition) is 3. The molecule has 0 heterocycles. The van der Waals surface area contributed by atoms with Crippen molar-refractivity contribution in [3.8, 4) is 0 Å². The molecule has 0 aromatic heterocycles. The average molecular weight is 311 g/mol. The number of nitro benzene ring substituents is 1. The van der Waals surface area contributed by atoms with Crippen LogP contribution in [0.3, 0.4) is 0 Å². The number of rotatable bonds is 3. The first kappa shape index (κ1) is 14.3. The molecule has 2 aromatic carbocycles. The Balaban J connectivity index is 2.17. The molecule has 2 aromatic rings. The van der Waals surface area contributed by atoms with Crippen molar-refractivity contribution >= 4 is 40.5 Å². The summed E-state index contributed by atoms with van der Waals surface area (Å²) in [5.41, 5.74) is 0.661. The molecule has 0 spiro atoms. The lowest BCUT2D eigenvalue weighted by atomic mass is 10.2. The lowest BCUT2D eigenvalue weighted by molar-refractivity contribution is -0.384.